The predicted octanol–water partition coefficient (Wildman–Crippen LogP) is 2.70. The Balaban J connectivity index is 1.27. The van der Waals surface area contributed by atoms with Gasteiger partial charge in [-0.25, -0.2) is 4.79 Å². The summed E-state index contributed by atoms with van der Waals surface area (Å²) >= 11 is 0. The van der Waals surface area contributed by atoms with Crippen LogP contribution < -0.4 is 5.32 Å². The summed E-state index contributed by atoms with van der Waals surface area (Å²) in [5.41, 5.74) is 1.62. The number of benzene rings is 1. The van der Waals surface area contributed by atoms with Crippen molar-refractivity contribution in [3.8, 4) is 0 Å². The van der Waals surface area contributed by atoms with E-state index in [1.165, 1.54) is 18.4 Å². The summed E-state index contributed by atoms with van der Waals surface area (Å²) in [6.07, 6.45) is 5.25. The summed E-state index contributed by atoms with van der Waals surface area (Å²) in [5.74, 6) is 0.133. The SMILES string of the molecule is CC(=O)N1CCC(NC(=O)N2CCC3(CCCN(Cc4ccccc4)C3)C2)CC1. The molecule has 1 N–H and O–H groups in total. The average molecular weight is 399 g/mol. The summed E-state index contributed by atoms with van der Waals surface area (Å²) in [4.78, 5) is 30.8. The molecule has 6 heteroatoms. The zero-order valence-electron chi connectivity index (χ0n) is 17.6. The quantitative estimate of drug-likeness (QED) is 0.852. The Hall–Kier alpha value is -2.08. The number of carbonyl (C=O) groups is 2. The molecular formula is C23H34N4O2. The maximum atomic E-state index is 12.8. The molecule has 1 spiro atoms. The molecule has 6 nitrogen and oxygen atoms in total. The number of rotatable bonds is 3. The highest BCUT2D eigenvalue weighted by atomic mass is 16.2. The molecule has 0 aromatic heterocycles. The van der Waals surface area contributed by atoms with Crippen molar-refractivity contribution in [1.82, 2.24) is 20.0 Å². The van der Waals surface area contributed by atoms with Gasteiger partial charge in [-0.15, -0.1) is 0 Å². The van der Waals surface area contributed by atoms with E-state index >= 15 is 0 Å². The van der Waals surface area contributed by atoms with Crippen LogP contribution in [0.4, 0.5) is 4.79 Å². The van der Waals surface area contributed by atoms with E-state index in [9.17, 15) is 9.59 Å². The Morgan fingerprint density at radius 1 is 1.00 bits per heavy atom. The molecule has 1 aromatic rings. The molecule has 3 aliphatic heterocycles. The maximum Gasteiger partial charge on any atom is 0.317 e. The van der Waals surface area contributed by atoms with Crippen molar-refractivity contribution in [3.05, 3.63) is 35.9 Å². The van der Waals surface area contributed by atoms with Crippen molar-refractivity contribution in [2.45, 2.75) is 51.6 Å². The van der Waals surface area contributed by atoms with Crippen LogP contribution in [0.1, 0.15) is 44.6 Å². The fourth-order valence-electron chi connectivity index (χ4n) is 5.33. The fourth-order valence-corrected chi connectivity index (χ4v) is 5.33. The van der Waals surface area contributed by atoms with Gasteiger partial charge in [0.05, 0.1) is 0 Å². The molecule has 0 bridgehead atoms. The van der Waals surface area contributed by atoms with Crippen LogP contribution in [0.25, 0.3) is 0 Å². The van der Waals surface area contributed by atoms with Crippen molar-refractivity contribution in [2.75, 3.05) is 39.3 Å². The number of piperidine rings is 2. The van der Waals surface area contributed by atoms with Gasteiger partial charge in [0, 0.05) is 57.6 Å². The summed E-state index contributed by atoms with van der Waals surface area (Å²) in [5, 5.41) is 3.23. The Bertz CT molecular complexity index is 717. The molecule has 0 saturated carbocycles. The van der Waals surface area contributed by atoms with Crippen LogP contribution in [0.15, 0.2) is 30.3 Å². The van der Waals surface area contributed by atoms with E-state index < -0.39 is 0 Å². The maximum absolute atomic E-state index is 12.8. The minimum absolute atomic E-state index is 0.0864. The Labute approximate surface area is 174 Å². The number of likely N-dealkylation sites (tertiary alicyclic amines) is 3. The lowest BCUT2D eigenvalue weighted by molar-refractivity contribution is -0.129. The van der Waals surface area contributed by atoms with Gasteiger partial charge >= 0.3 is 6.03 Å². The molecule has 3 heterocycles. The first-order valence-electron chi connectivity index (χ1n) is 11.1. The second-order valence-electron chi connectivity index (χ2n) is 9.20. The number of hydrogen-bond acceptors (Lipinski definition) is 3. The summed E-state index contributed by atoms with van der Waals surface area (Å²) in [7, 11) is 0. The molecule has 1 atom stereocenters. The molecule has 3 amide bonds. The van der Waals surface area contributed by atoms with Crippen LogP contribution in [0.2, 0.25) is 0 Å². The van der Waals surface area contributed by atoms with E-state index in [4.69, 9.17) is 0 Å². The van der Waals surface area contributed by atoms with Crippen LogP contribution in [-0.4, -0.2) is 71.9 Å². The molecule has 4 rings (SSSR count). The number of nitrogens with zero attached hydrogens (tertiary/aromatic N) is 3. The number of hydrogen-bond donors (Lipinski definition) is 1. The third-order valence-electron chi connectivity index (χ3n) is 6.98. The first kappa shape index (κ1) is 20.2. The lowest BCUT2D eigenvalue weighted by atomic mass is 9.79. The highest BCUT2D eigenvalue weighted by Gasteiger charge is 2.43. The normalized spacial score (nSPS) is 26.1. The van der Waals surface area contributed by atoms with Crippen molar-refractivity contribution < 1.29 is 9.59 Å². The van der Waals surface area contributed by atoms with Crippen LogP contribution >= 0.6 is 0 Å². The van der Waals surface area contributed by atoms with E-state index in [0.717, 1.165) is 65.1 Å². The van der Waals surface area contributed by atoms with Gasteiger partial charge in [-0.05, 0) is 44.2 Å². The number of urea groups is 1. The standard InChI is InChI=1S/C23H34N4O2/c1-19(28)26-13-8-21(9-14-26)24-22(29)27-15-11-23(18-27)10-5-12-25(17-23)16-20-6-3-2-4-7-20/h2-4,6-7,21H,5,8-18H2,1H3,(H,24,29). The van der Waals surface area contributed by atoms with Crippen LogP contribution in [0.5, 0.6) is 0 Å². The van der Waals surface area contributed by atoms with Crippen molar-refractivity contribution in [1.29, 1.82) is 0 Å². The van der Waals surface area contributed by atoms with Gasteiger partial charge in [0.2, 0.25) is 5.91 Å². The second-order valence-corrected chi connectivity index (χ2v) is 9.20. The summed E-state index contributed by atoms with van der Waals surface area (Å²) < 4.78 is 0. The minimum atomic E-state index is 0.0864. The molecule has 1 unspecified atom stereocenters. The zero-order chi connectivity index (χ0) is 20.3. The van der Waals surface area contributed by atoms with Crippen LogP contribution in [-0.2, 0) is 11.3 Å². The molecular weight excluding hydrogens is 364 g/mol. The van der Waals surface area contributed by atoms with Crippen molar-refractivity contribution in [3.63, 3.8) is 0 Å². The van der Waals surface area contributed by atoms with E-state index in [1.807, 2.05) is 9.80 Å². The Morgan fingerprint density at radius 3 is 2.48 bits per heavy atom. The highest BCUT2D eigenvalue weighted by Crippen LogP contribution is 2.39. The first-order valence-corrected chi connectivity index (χ1v) is 11.1. The Kier molecular flexibility index (Phi) is 6.09. The molecule has 3 saturated heterocycles. The first-order chi connectivity index (χ1) is 14.0. The largest absolute Gasteiger partial charge is 0.343 e. The average Bonchev–Trinajstić information content (AvgIpc) is 3.12. The van der Waals surface area contributed by atoms with Gasteiger partial charge in [-0.1, -0.05) is 30.3 Å². The monoisotopic (exact) mass is 398 g/mol. The smallest absolute Gasteiger partial charge is 0.317 e. The molecule has 29 heavy (non-hydrogen) atoms. The van der Waals surface area contributed by atoms with Gasteiger partial charge in [0.15, 0.2) is 0 Å². The predicted molar refractivity (Wildman–Crippen MR) is 113 cm³/mol. The van der Waals surface area contributed by atoms with Gasteiger partial charge in [-0.2, -0.15) is 0 Å². The van der Waals surface area contributed by atoms with E-state index in [0.29, 0.717) is 0 Å². The molecule has 0 radical (unpaired) electrons. The fraction of sp³-hybridized carbons (Fsp3) is 0.652. The molecule has 0 aliphatic carbocycles. The second kappa shape index (κ2) is 8.74. The lowest BCUT2D eigenvalue weighted by Gasteiger charge is -2.40. The van der Waals surface area contributed by atoms with Gasteiger partial charge in [-0.3, -0.25) is 9.69 Å². The van der Waals surface area contributed by atoms with Gasteiger partial charge in [0.1, 0.15) is 0 Å². The Morgan fingerprint density at radius 2 is 1.76 bits per heavy atom. The molecule has 158 valence electrons. The van der Waals surface area contributed by atoms with Crippen LogP contribution in [0.3, 0.4) is 0 Å². The summed E-state index contributed by atoms with van der Waals surface area (Å²) in [6, 6.07) is 11.0. The van der Waals surface area contributed by atoms with Crippen molar-refractivity contribution in [2.24, 2.45) is 5.41 Å². The van der Waals surface area contributed by atoms with E-state index in [2.05, 4.69) is 40.5 Å². The highest BCUT2D eigenvalue weighted by molar-refractivity contribution is 5.75. The summed E-state index contributed by atoms with van der Waals surface area (Å²) in [6.45, 7) is 8.09. The third-order valence-corrected chi connectivity index (χ3v) is 6.98. The van der Waals surface area contributed by atoms with E-state index in [1.54, 1.807) is 6.92 Å². The van der Waals surface area contributed by atoms with Crippen molar-refractivity contribution >= 4 is 11.9 Å². The van der Waals surface area contributed by atoms with Gasteiger partial charge < -0.3 is 15.1 Å². The molecule has 3 fully saturated rings. The lowest BCUT2D eigenvalue weighted by Crippen LogP contribution is -2.50. The molecule has 3 aliphatic rings. The minimum Gasteiger partial charge on any atom is -0.343 e. The number of nitrogens with one attached hydrogen (secondary N) is 1. The topological polar surface area (TPSA) is 55.9 Å². The number of amides is 3. The third kappa shape index (κ3) is 4.92. The molecule has 1 aromatic carbocycles. The number of carbonyl (C=O) groups excluding carboxylic acids is 2. The zero-order valence-corrected chi connectivity index (χ0v) is 17.6. The van der Waals surface area contributed by atoms with Crippen LogP contribution in [0, 0.1) is 5.41 Å². The van der Waals surface area contributed by atoms with Gasteiger partial charge in [0.25, 0.3) is 0 Å². The van der Waals surface area contributed by atoms with E-state index in [-0.39, 0.29) is 23.4 Å².